The minimum atomic E-state index is -1.93. The first-order chi connectivity index (χ1) is 48.1. The van der Waals surface area contributed by atoms with E-state index in [1.54, 1.807) is 0 Å². The number of amides is 9. The van der Waals surface area contributed by atoms with E-state index in [1.165, 1.54) is 0 Å². The maximum atomic E-state index is 14.5. The molecule has 101 heavy (non-hydrogen) atoms. The Morgan fingerprint density at radius 1 is 0.416 bits per heavy atom. The van der Waals surface area contributed by atoms with Gasteiger partial charge in [-0.2, -0.15) is 0 Å². The summed E-state index contributed by atoms with van der Waals surface area (Å²) in [6.07, 6.45) is -32.9. The fourth-order valence-corrected chi connectivity index (χ4v) is 10.6. The van der Waals surface area contributed by atoms with Crippen LogP contribution in [0.15, 0.2) is 30.4 Å². The lowest BCUT2D eigenvalue weighted by Crippen LogP contribution is -2.59. The van der Waals surface area contributed by atoms with Crippen LogP contribution < -0.4 is 42.0 Å². The molecule has 42 nitrogen and oxygen atoms in total. The molecule has 0 aromatic heterocycles. The van der Waals surface area contributed by atoms with Gasteiger partial charge in [0.05, 0.1) is 39.6 Å². The Labute approximate surface area is 574 Å². The first-order valence-corrected chi connectivity index (χ1v) is 32.1. The van der Waals surface area contributed by atoms with Gasteiger partial charge in [0.1, 0.15) is 142 Å². The predicted octanol–water partition coefficient (Wildman–Crippen LogP) is -13.0. The third kappa shape index (κ3) is 23.9. The van der Waals surface area contributed by atoms with Crippen molar-refractivity contribution in [3.8, 4) is 5.75 Å². The lowest BCUT2D eigenvalue weighted by molar-refractivity contribution is -0.302. The SMILES string of the molecule is O=C(CCCCCN1C(=O)C=CC1=O)NCCOc1cc(C(=O)NC(CCC(=O)NCCO[C@@H]2OC(CO)[C@@H](O)C(O)C2O)C(=O)NCO[C@@H]2OC(CO)[C@@H](O)C(O)C2O)cc(C(=O)NC(CCC(=O)NCO[C@@H]2O[C@H](CO)[C@@H](O)C(O)C2O)C(=O)NCO[C@@H]2OC(CO)[C@@H](O)C(O)C2O)c1. The van der Waals surface area contributed by atoms with Crippen molar-refractivity contribution in [2.24, 2.45) is 0 Å². The van der Waals surface area contributed by atoms with E-state index in [-0.39, 0.29) is 45.0 Å². The number of rotatable bonds is 39. The zero-order chi connectivity index (χ0) is 74.2. The Hall–Kier alpha value is -6.77. The van der Waals surface area contributed by atoms with Crippen LogP contribution in [0.5, 0.6) is 5.75 Å². The number of carbonyl (C=O) groups excluding carboxylic acids is 9. The normalized spacial score (nSPS) is 31.0. The average molecular weight is 1460 g/mol. The number of carbonyl (C=O) groups is 9. The number of unbranched alkanes of at least 4 members (excludes halogenated alkanes) is 2. The van der Waals surface area contributed by atoms with Crippen LogP contribution in [-0.2, 0) is 71.5 Å². The maximum Gasteiger partial charge on any atom is 0.253 e. The third-order valence-corrected chi connectivity index (χ3v) is 16.5. The summed E-state index contributed by atoms with van der Waals surface area (Å²) in [5.74, 6) is -7.83. The number of hydrogen-bond donors (Lipinski definition) is 23. The van der Waals surface area contributed by atoms with Gasteiger partial charge in [0.25, 0.3) is 23.6 Å². The number of hydrogen-bond acceptors (Lipinski definition) is 34. The van der Waals surface area contributed by atoms with Gasteiger partial charge < -0.3 is 162 Å². The maximum absolute atomic E-state index is 14.5. The molecule has 22 atom stereocenters. The number of benzene rings is 1. The summed E-state index contributed by atoms with van der Waals surface area (Å²) < 4.78 is 48.6. The molecule has 0 saturated carbocycles. The van der Waals surface area contributed by atoms with Gasteiger partial charge in [-0.3, -0.25) is 48.1 Å². The van der Waals surface area contributed by atoms with Crippen LogP contribution >= 0.6 is 0 Å². The molecular formula is C59H90N8O34. The topological polar surface area (TPSA) is 648 Å². The van der Waals surface area contributed by atoms with Crippen LogP contribution in [0.3, 0.4) is 0 Å². The minimum Gasteiger partial charge on any atom is -0.492 e. The van der Waals surface area contributed by atoms with Crippen molar-refractivity contribution >= 4 is 53.2 Å². The predicted molar refractivity (Wildman–Crippen MR) is 327 cm³/mol. The molecule has 570 valence electrons. The summed E-state index contributed by atoms with van der Waals surface area (Å²) in [5.41, 5.74) is -0.945. The Bertz CT molecular complexity index is 2900. The van der Waals surface area contributed by atoms with Gasteiger partial charge in [-0.25, -0.2) is 0 Å². The van der Waals surface area contributed by atoms with Gasteiger partial charge in [0.2, 0.25) is 29.5 Å². The smallest absolute Gasteiger partial charge is 0.253 e. The highest BCUT2D eigenvalue weighted by Crippen LogP contribution is 2.27. The van der Waals surface area contributed by atoms with Crippen LogP contribution in [0.2, 0.25) is 0 Å². The molecule has 1 aromatic rings. The average Bonchev–Trinajstić information content (AvgIpc) is 1.22. The quantitative estimate of drug-likeness (QED) is 0.0165. The zero-order valence-corrected chi connectivity index (χ0v) is 54.2. The zero-order valence-electron chi connectivity index (χ0n) is 54.2. The monoisotopic (exact) mass is 1450 g/mol. The second-order valence-electron chi connectivity index (χ2n) is 23.7. The lowest BCUT2D eigenvalue weighted by Gasteiger charge is -2.39. The molecular weight excluding hydrogens is 1360 g/mol. The van der Waals surface area contributed by atoms with E-state index < -0.39 is 272 Å². The number of ether oxygens (including phenoxy) is 9. The van der Waals surface area contributed by atoms with Crippen LogP contribution in [0.1, 0.15) is 72.1 Å². The molecule has 0 radical (unpaired) electrons. The van der Waals surface area contributed by atoms with Crippen molar-refractivity contribution in [3.05, 3.63) is 41.5 Å². The van der Waals surface area contributed by atoms with E-state index in [2.05, 4.69) is 37.2 Å². The summed E-state index contributed by atoms with van der Waals surface area (Å²) in [7, 11) is 0. The highest BCUT2D eigenvalue weighted by Gasteiger charge is 2.48. The minimum absolute atomic E-state index is 0.0164. The molecule has 4 saturated heterocycles. The van der Waals surface area contributed by atoms with Crippen molar-refractivity contribution in [2.45, 2.75) is 186 Å². The number of aliphatic hydroxyl groups excluding tert-OH is 16. The van der Waals surface area contributed by atoms with Gasteiger partial charge in [0, 0.05) is 55.6 Å². The van der Waals surface area contributed by atoms with Crippen molar-refractivity contribution in [3.63, 3.8) is 0 Å². The van der Waals surface area contributed by atoms with Crippen molar-refractivity contribution in [1.29, 1.82) is 0 Å². The highest BCUT2D eigenvalue weighted by molar-refractivity contribution is 6.12. The highest BCUT2D eigenvalue weighted by atomic mass is 16.7. The molecule has 42 heteroatoms. The summed E-state index contributed by atoms with van der Waals surface area (Å²) in [5, 5.41) is 178. The van der Waals surface area contributed by atoms with Crippen LogP contribution in [0, 0.1) is 0 Å². The summed E-state index contributed by atoms with van der Waals surface area (Å²) in [4.78, 5) is 121. The van der Waals surface area contributed by atoms with Crippen molar-refractivity contribution in [2.75, 3.05) is 79.5 Å². The molecule has 5 heterocycles. The van der Waals surface area contributed by atoms with Crippen LogP contribution in [0.4, 0.5) is 0 Å². The fourth-order valence-electron chi connectivity index (χ4n) is 10.6. The van der Waals surface area contributed by atoms with E-state index in [1.807, 2.05) is 0 Å². The molecule has 9 amide bonds. The van der Waals surface area contributed by atoms with E-state index >= 15 is 0 Å². The van der Waals surface area contributed by atoms with Gasteiger partial charge in [-0.05, 0) is 43.9 Å². The molecule has 5 aliphatic rings. The standard InChI is InChI=1S/C59H90N8O34/c68-19-31-40(77)44(81)48(85)56(98-31)94-15-12-61-36(73)7-5-29(54(91)63-24-96-58-50(87)46(83)42(79)33(21-70)100-58)65-52(89)26-16-27(18-28(17-26)93-14-11-60-35(72)4-2-1-3-13-67-38(75)9-10-39(67)76)53(90)66-30(55(92)64-25-97-59-51(88)47(84)43(80)34(22-71)101-59)6-8-37(74)62-23-95-57-49(86)45(82)41(78)32(20-69)99-57/h9-10,16-18,29-34,40-51,56-59,68-71,77-88H,1-8,11-15,19-25H2,(H,60,72)(H,61,73)(H,62,74)(H,63,91)(H,64,92)(H,65,89)(H,66,90)/t29?,30?,31?,32-,33?,34?,40-,41-,42-,43-,44?,45?,46?,47?,48?,49?,50?,51?,56-,57-,58-,59-/m1/s1. The number of nitrogens with zero attached hydrogens (tertiary/aromatic N) is 1. The molecule has 0 spiro atoms. The molecule has 13 unspecified atom stereocenters. The van der Waals surface area contributed by atoms with Crippen LogP contribution in [0.25, 0.3) is 0 Å². The Morgan fingerprint density at radius 3 is 1.17 bits per heavy atom. The second-order valence-corrected chi connectivity index (χ2v) is 23.7. The first-order valence-electron chi connectivity index (χ1n) is 32.1. The van der Waals surface area contributed by atoms with Gasteiger partial charge in [0.15, 0.2) is 25.2 Å². The van der Waals surface area contributed by atoms with Crippen molar-refractivity contribution < 1.29 is 167 Å². The number of aliphatic hydroxyl groups is 16. The molecule has 0 bridgehead atoms. The molecule has 1 aromatic carbocycles. The number of nitrogens with one attached hydrogen (secondary N) is 7. The summed E-state index contributed by atoms with van der Waals surface area (Å²) in [6, 6.07) is -0.392. The first kappa shape index (κ1) is 83.2. The van der Waals surface area contributed by atoms with Crippen molar-refractivity contribution in [1.82, 2.24) is 42.1 Å². The van der Waals surface area contributed by atoms with E-state index in [4.69, 9.17) is 42.6 Å². The fraction of sp³-hybridized carbons (Fsp3) is 0.712. The van der Waals surface area contributed by atoms with Gasteiger partial charge in [-0.15, -0.1) is 0 Å². The lowest BCUT2D eigenvalue weighted by atomic mass is 9.99. The molecule has 5 aliphatic heterocycles. The van der Waals surface area contributed by atoms with Gasteiger partial charge in [-0.1, -0.05) is 6.42 Å². The Morgan fingerprint density at radius 2 is 0.772 bits per heavy atom. The van der Waals surface area contributed by atoms with Crippen LogP contribution in [-0.4, -0.2) is 354 Å². The molecule has 6 rings (SSSR count). The van der Waals surface area contributed by atoms with E-state index in [0.717, 1.165) is 35.3 Å². The third-order valence-electron chi connectivity index (χ3n) is 16.5. The summed E-state index contributed by atoms with van der Waals surface area (Å²) >= 11 is 0. The Balaban J connectivity index is 1.21. The second kappa shape index (κ2) is 40.9. The number of imide groups is 1. The molecule has 0 aliphatic carbocycles. The molecule has 4 fully saturated rings. The Kier molecular flexibility index (Phi) is 33.7. The van der Waals surface area contributed by atoms with E-state index in [9.17, 15) is 125 Å². The van der Waals surface area contributed by atoms with Gasteiger partial charge >= 0.3 is 0 Å². The summed E-state index contributed by atoms with van der Waals surface area (Å²) in [6.45, 7) is -6.76. The largest absolute Gasteiger partial charge is 0.492 e. The molecule has 23 N–H and O–H groups in total. The van der Waals surface area contributed by atoms with E-state index in [0.29, 0.717) is 19.3 Å².